The Kier molecular flexibility index (Phi) is 3.75. The number of halogens is 1. The Balaban J connectivity index is 2.44. The summed E-state index contributed by atoms with van der Waals surface area (Å²) in [4.78, 5) is 0. The van der Waals surface area contributed by atoms with E-state index in [9.17, 15) is 0 Å². The van der Waals surface area contributed by atoms with E-state index in [0.29, 0.717) is 10.9 Å². The SMILES string of the molecule is CCNC(c1cc2cccc(Cl)c2o1)C(C)C. The maximum atomic E-state index is 6.12. The number of nitrogens with one attached hydrogen (secondary N) is 1. The molecule has 0 spiro atoms. The first-order valence-corrected chi connectivity index (χ1v) is 6.42. The molecule has 1 N–H and O–H groups in total. The molecule has 92 valence electrons. The number of hydrogen-bond donors (Lipinski definition) is 1. The minimum Gasteiger partial charge on any atom is -0.458 e. The molecule has 0 aliphatic rings. The van der Waals surface area contributed by atoms with Gasteiger partial charge in [-0.15, -0.1) is 0 Å². The summed E-state index contributed by atoms with van der Waals surface area (Å²) < 4.78 is 5.88. The van der Waals surface area contributed by atoms with Crippen LogP contribution in [0.15, 0.2) is 28.7 Å². The third-order valence-corrected chi connectivity index (χ3v) is 3.21. The molecule has 0 aliphatic heterocycles. The van der Waals surface area contributed by atoms with Crippen molar-refractivity contribution in [2.24, 2.45) is 5.92 Å². The molecule has 1 heterocycles. The highest BCUT2D eigenvalue weighted by molar-refractivity contribution is 6.34. The summed E-state index contributed by atoms with van der Waals surface area (Å²) in [5, 5.41) is 5.18. The maximum Gasteiger partial charge on any atom is 0.152 e. The van der Waals surface area contributed by atoms with Crippen molar-refractivity contribution in [3.05, 3.63) is 35.0 Å². The van der Waals surface area contributed by atoms with Crippen LogP contribution in [0.25, 0.3) is 11.0 Å². The number of para-hydroxylation sites is 1. The van der Waals surface area contributed by atoms with Gasteiger partial charge >= 0.3 is 0 Å². The molecule has 2 nitrogen and oxygen atoms in total. The average Bonchev–Trinajstić information content (AvgIpc) is 2.70. The van der Waals surface area contributed by atoms with E-state index in [1.165, 1.54) is 0 Å². The zero-order valence-electron chi connectivity index (χ0n) is 10.5. The Morgan fingerprint density at radius 3 is 2.71 bits per heavy atom. The fourth-order valence-corrected chi connectivity index (χ4v) is 2.31. The molecule has 0 bridgehead atoms. The van der Waals surface area contributed by atoms with E-state index in [-0.39, 0.29) is 6.04 Å². The molecule has 0 amide bonds. The van der Waals surface area contributed by atoms with E-state index < -0.39 is 0 Å². The zero-order chi connectivity index (χ0) is 12.4. The molecule has 17 heavy (non-hydrogen) atoms. The lowest BCUT2D eigenvalue weighted by molar-refractivity contribution is 0.357. The first kappa shape index (κ1) is 12.5. The predicted molar refractivity (Wildman–Crippen MR) is 72.5 cm³/mol. The summed E-state index contributed by atoms with van der Waals surface area (Å²) in [7, 11) is 0. The first-order chi connectivity index (χ1) is 8.13. The van der Waals surface area contributed by atoms with Gasteiger partial charge < -0.3 is 9.73 Å². The van der Waals surface area contributed by atoms with Crippen LogP contribution in [0.3, 0.4) is 0 Å². The van der Waals surface area contributed by atoms with Crippen LogP contribution in [0.4, 0.5) is 0 Å². The molecule has 1 unspecified atom stereocenters. The van der Waals surface area contributed by atoms with Gasteiger partial charge in [0.1, 0.15) is 5.76 Å². The Morgan fingerprint density at radius 1 is 1.35 bits per heavy atom. The smallest absolute Gasteiger partial charge is 0.152 e. The molecular formula is C14H18ClNO. The number of hydrogen-bond acceptors (Lipinski definition) is 2. The van der Waals surface area contributed by atoms with E-state index in [4.69, 9.17) is 16.0 Å². The molecule has 0 aliphatic carbocycles. The molecule has 0 fully saturated rings. The van der Waals surface area contributed by atoms with Crippen molar-refractivity contribution in [1.82, 2.24) is 5.32 Å². The topological polar surface area (TPSA) is 25.2 Å². The van der Waals surface area contributed by atoms with Gasteiger partial charge in [0.2, 0.25) is 0 Å². The lowest BCUT2D eigenvalue weighted by atomic mass is 10.0. The summed E-state index contributed by atoms with van der Waals surface area (Å²) >= 11 is 6.12. The highest BCUT2D eigenvalue weighted by atomic mass is 35.5. The number of fused-ring (bicyclic) bond motifs is 1. The standard InChI is InChI=1S/C14H18ClNO/c1-4-16-13(9(2)3)12-8-10-6-5-7-11(15)14(10)17-12/h5-9,13,16H,4H2,1-3H3. The highest BCUT2D eigenvalue weighted by Gasteiger charge is 2.19. The second kappa shape index (κ2) is 5.11. The molecule has 1 aromatic heterocycles. The number of rotatable bonds is 4. The van der Waals surface area contributed by atoms with Crippen molar-refractivity contribution < 1.29 is 4.42 Å². The Bertz CT molecular complexity index is 504. The van der Waals surface area contributed by atoms with Crippen LogP contribution in [0, 0.1) is 5.92 Å². The lowest BCUT2D eigenvalue weighted by Gasteiger charge is -2.19. The monoisotopic (exact) mass is 251 g/mol. The van der Waals surface area contributed by atoms with Crippen LogP contribution in [-0.2, 0) is 0 Å². The van der Waals surface area contributed by atoms with E-state index in [1.807, 2.05) is 18.2 Å². The highest BCUT2D eigenvalue weighted by Crippen LogP contribution is 2.31. The molecular weight excluding hydrogens is 234 g/mol. The Morgan fingerprint density at radius 2 is 2.12 bits per heavy atom. The summed E-state index contributed by atoms with van der Waals surface area (Å²) in [5.41, 5.74) is 0.785. The summed E-state index contributed by atoms with van der Waals surface area (Å²) in [5.74, 6) is 1.44. The van der Waals surface area contributed by atoms with Crippen molar-refractivity contribution in [3.63, 3.8) is 0 Å². The van der Waals surface area contributed by atoms with Crippen molar-refractivity contribution in [3.8, 4) is 0 Å². The minimum absolute atomic E-state index is 0.239. The average molecular weight is 252 g/mol. The van der Waals surface area contributed by atoms with Crippen molar-refractivity contribution >= 4 is 22.6 Å². The van der Waals surface area contributed by atoms with Gasteiger partial charge in [0.25, 0.3) is 0 Å². The maximum absolute atomic E-state index is 6.12. The summed E-state index contributed by atoms with van der Waals surface area (Å²) in [6.07, 6.45) is 0. The van der Waals surface area contributed by atoms with Gasteiger partial charge in [0.15, 0.2) is 5.58 Å². The molecule has 3 heteroatoms. The summed E-state index contributed by atoms with van der Waals surface area (Å²) in [6.45, 7) is 7.39. The van der Waals surface area contributed by atoms with E-state index >= 15 is 0 Å². The fourth-order valence-electron chi connectivity index (χ4n) is 2.09. The van der Waals surface area contributed by atoms with Crippen LogP contribution in [0.2, 0.25) is 5.02 Å². The predicted octanol–water partition coefficient (Wildman–Crippen LogP) is 4.39. The van der Waals surface area contributed by atoms with E-state index in [0.717, 1.165) is 23.3 Å². The Hall–Kier alpha value is -0.990. The van der Waals surface area contributed by atoms with Crippen molar-refractivity contribution in [2.75, 3.05) is 6.54 Å². The van der Waals surface area contributed by atoms with Gasteiger partial charge in [-0.3, -0.25) is 0 Å². The largest absolute Gasteiger partial charge is 0.458 e. The fraction of sp³-hybridized carbons (Fsp3) is 0.429. The van der Waals surface area contributed by atoms with E-state index in [2.05, 4.69) is 32.2 Å². The van der Waals surface area contributed by atoms with Gasteiger partial charge in [-0.1, -0.05) is 44.5 Å². The van der Waals surface area contributed by atoms with Gasteiger partial charge in [-0.05, 0) is 24.6 Å². The van der Waals surface area contributed by atoms with Gasteiger partial charge in [-0.2, -0.15) is 0 Å². The zero-order valence-corrected chi connectivity index (χ0v) is 11.2. The number of benzene rings is 1. The van der Waals surface area contributed by atoms with Crippen LogP contribution in [-0.4, -0.2) is 6.54 Å². The first-order valence-electron chi connectivity index (χ1n) is 6.04. The normalized spacial score (nSPS) is 13.5. The lowest BCUT2D eigenvalue weighted by Crippen LogP contribution is -2.24. The Labute approximate surface area is 107 Å². The second-order valence-corrected chi connectivity index (χ2v) is 4.99. The third-order valence-electron chi connectivity index (χ3n) is 2.91. The molecule has 0 saturated heterocycles. The summed E-state index contributed by atoms with van der Waals surface area (Å²) in [6, 6.07) is 8.14. The quantitative estimate of drug-likeness (QED) is 0.872. The van der Waals surface area contributed by atoms with Crippen LogP contribution < -0.4 is 5.32 Å². The molecule has 1 atom stereocenters. The molecule has 1 aromatic carbocycles. The molecule has 0 saturated carbocycles. The van der Waals surface area contributed by atoms with Crippen molar-refractivity contribution in [2.45, 2.75) is 26.8 Å². The van der Waals surface area contributed by atoms with Crippen LogP contribution in [0.1, 0.15) is 32.6 Å². The van der Waals surface area contributed by atoms with E-state index in [1.54, 1.807) is 0 Å². The van der Waals surface area contributed by atoms with Crippen molar-refractivity contribution in [1.29, 1.82) is 0 Å². The second-order valence-electron chi connectivity index (χ2n) is 4.59. The number of furan rings is 1. The minimum atomic E-state index is 0.239. The van der Waals surface area contributed by atoms with Gasteiger partial charge in [0.05, 0.1) is 11.1 Å². The van der Waals surface area contributed by atoms with Crippen LogP contribution >= 0.6 is 11.6 Å². The molecule has 2 aromatic rings. The third kappa shape index (κ3) is 2.48. The molecule has 2 rings (SSSR count). The molecule has 0 radical (unpaired) electrons. The van der Waals surface area contributed by atoms with Crippen LogP contribution in [0.5, 0.6) is 0 Å². The van der Waals surface area contributed by atoms with Gasteiger partial charge in [0, 0.05) is 5.39 Å². The van der Waals surface area contributed by atoms with Gasteiger partial charge in [-0.25, -0.2) is 0 Å².